The van der Waals surface area contributed by atoms with Crippen molar-refractivity contribution >= 4 is 23.3 Å². The summed E-state index contributed by atoms with van der Waals surface area (Å²) in [7, 11) is 0. The van der Waals surface area contributed by atoms with E-state index in [4.69, 9.17) is 4.52 Å². The van der Waals surface area contributed by atoms with Gasteiger partial charge in [0.2, 0.25) is 11.8 Å². The third-order valence-corrected chi connectivity index (χ3v) is 4.73. The molecule has 1 aromatic carbocycles. The summed E-state index contributed by atoms with van der Waals surface area (Å²) in [6, 6.07) is 7.36. The molecule has 2 heterocycles. The molecule has 1 unspecified atom stereocenters. The van der Waals surface area contributed by atoms with Crippen LogP contribution in [-0.2, 0) is 9.59 Å². The Balaban J connectivity index is 1.44. The molecular weight excluding hydrogens is 365 g/mol. The first-order chi connectivity index (χ1) is 13.4. The Morgan fingerprint density at radius 1 is 1.21 bits per heavy atom. The number of benzene rings is 1. The van der Waals surface area contributed by atoms with E-state index in [0.717, 1.165) is 0 Å². The van der Waals surface area contributed by atoms with Gasteiger partial charge >= 0.3 is 0 Å². The molecule has 1 aliphatic heterocycles. The lowest BCUT2D eigenvalue weighted by molar-refractivity contribution is -0.122. The summed E-state index contributed by atoms with van der Waals surface area (Å²) in [5, 5.41) is 9.07. The number of hydrogen-bond donors (Lipinski definition) is 2. The summed E-state index contributed by atoms with van der Waals surface area (Å²) >= 11 is 0. The zero-order valence-corrected chi connectivity index (χ0v) is 15.9. The van der Waals surface area contributed by atoms with E-state index < -0.39 is 11.9 Å². The minimum absolute atomic E-state index is 0.160. The minimum Gasteiger partial charge on any atom is -0.360 e. The number of rotatable bonds is 6. The Hall–Kier alpha value is -2.78. The summed E-state index contributed by atoms with van der Waals surface area (Å²) in [4.78, 5) is 28.5. The van der Waals surface area contributed by atoms with Crippen LogP contribution in [-0.4, -0.2) is 65.5 Å². The summed E-state index contributed by atoms with van der Waals surface area (Å²) in [6.45, 7) is 6.39. The van der Waals surface area contributed by atoms with Gasteiger partial charge in [-0.2, -0.15) is 0 Å². The molecule has 0 aliphatic carbocycles. The van der Waals surface area contributed by atoms with Crippen molar-refractivity contribution < 1.29 is 18.5 Å². The van der Waals surface area contributed by atoms with Gasteiger partial charge in [-0.25, -0.2) is 4.39 Å². The summed E-state index contributed by atoms with van der Waals surface area (Å²) in [6.07, 6.45) is 0. The van der Waals surface area contributed by atoms with Crippen LogP contribution in [0.1, 0.15) is 12.7 Å². The normalized spacial score (nSPS) is 16.5. The average molecular weight is 389 g/mol. The molecule has 1 fully saturated rings. The Morgan fingerprint density at radius 2 is 1.93 bits per heavy atom. The molecule has 0 saturated carbocycles. The standard InChI is InChI=1S/C19H24FN5O3/c1-13-11-17(23-28-13)22-18(26)12-24-7-9-25(10-8-24)14(2)19(27)21-16-6-4-3-5-15(16)20/h3-6,11,14H,7-10,12H2,1-2H3,(H,21,27)(H,22,23,26). The monoisotopic (exact) mass is 389 g/mol. The van der Waals surface area contributed by atoms with Gasteiger partial charge in [0.15, 0.2) is 5.82 Å². The molecule has 1 atom stereocenters. The average Bonchev–Trinajstić information content (AvgIpc) is 3.08. The largest absolute Gasteiger partial charge is 0.360 e. The quantitative estimate of drug-likeness (QED) is 0.782. The molecule has 0 spiro atoms. The van der Waals surface area contributed by atoms with E-state index in [-0.39, 0.29) is 24.0 Å². The lowest BCUT2D eigenvalue weighted by Gasteiger charge is -2.37. The Labute approximate surface area is 162 Å². The van der Waals surface area contributed by atoms with Gasteiger partial charge in [0.05, 0.1) is 18.3 Å². The smallest absolute Gasteiger partial charge is 0.241 e. The van der Waals surface area contributed by atoms with E-state index in [9.17, 15) is 14.0 Å². The fourth-order valence-corrected chi connectivity index (χ4v) is 3.09. The second-order valence-electron chi connectivity index (χ2n) is 6.83. The highest BCUT2D eigenvalue weighted by Crippen LogP contribution is 2.15. The number of aromatic nitrogens is 1. The molecule has 1 saturated heterocycles. The van der Waals surface area contributed by atoms with Crippen molar-refractivity contribution in [3.8, 4) is 0 Å². The molecular formula is C19H24FN5O3. The van der Waals surface area contributed by atoms with Gasteiger partial charge in [-0.15, -0.1) is 0 Å². The van der Waals surface area contributed by atoms with Crippen LogP contribution < -0.4 is 10.6 Å². The third-order valence-electron chi connectivity index (χ3n) is 4.73. The number of carbonyl (C=O) groups is 2. The van der Waals surface area contributed by atoms with E-state index in [1.807, 2.05) is 9.80 Å². The van der Waals surface area contributed by atoms with Crippen LogP contribution in [0.2, 0.25) is 0 Å². The molecule has 150 valence electrons. The van der Waals surface area contributed by atoms with Gasteiger partial charge in [0.1, 0.15) is 11.6 Å². The van der Waals surface area contributed by atoms with Gasteiger partial charge in [0.25, 0.3) is 0 Å². The molecule has 3 rings (SSSR count). The summed E-state index contributed by atoms with van der Waals surface area (Å²) < 4.78 is 18.6. The van der Waals surface area contributed by atoms with Crippen LogP contribution in [0.3, 0.4) is 0 Å². The van der Waals surface area contributed by atoms with Crippen molar-refractivity contribution in [3.63, 3.8) is 0 Å². The van der Waals surface area contributed by atoms with E-state index in [2.05, 4.69) is 15.8 Å². The van der Waals surface area contributed by atoms with Gasteiger partial charge < -0.3 is 15.2 Å². The lowest BCUT2D eigenvalue weighted by Crippen LogP contribution is -2.53. The predicted molar refractivity (Wildman–Crippen MR) is 102 cm³/mol. The number of para-hydroxylation sites is 1. The van der Waals surface area contributed by atoms with Crippen molar-refractivity contribution in [1.29, 1.82) is 0 Å². The van der Waals surface area contributed by atoms with Crippen molar-refractivity contribution in [2.75, 3.05) is 43.4 Å². The maximum atomic E-state index is 13.7. The van der Waals surface area contributed by atoms with Gasteiger partial charge in [-0.05, 0) is 26.0 Å². The van der Waals surface area contributed by atoms with E-state index in [1.165, 1.54) is 12.1 Å². The van der Waals surface area contributed by atoms with E-state index in [1.54, 1.807) is 32.0 Å². The van der Waals surface area contributed by atoms with Crippen LogP contribution >= 0.6 is 0 Å². The molecule has 8 nitrogen and oxygen atoms in total. The number of aryl methyl sites for hydroxylation is 1. The van der Waals surface area contributed by atoms with Gasteiger partial charge in [-0.1, -0.05) is 17.3 Å². The predicted octanol–water partition coefficient (Wildman–Crippen LogP) is 1.71. The first-order valence-electron chi connectivity index (χ1n) is 9.17. The molecule has 2 aromatic rings. The number of hydrogen-bond acceptors (Lipinski definition) is 6. The van der Waals surface area contributed by atoms with Crippen LogP contribution in [0.15, 0.2) is 34.9 Å². The highest BCUT2D eigenvalue weighted by molar-refractivity contribution is 5.94. The van der Waals surface area contributed by atoms with Crippen LogP contribution in [0, 0.1) is 12.7 Å². The third kappa shape index (κ3) is 5.14. The SMILES string of the molecule is Cc1cc(NC(=O)CN2CCN(C(C)C(=O)Nc3ccccc3F)CC2)no1. The number of anilines is 2. The molecule has 2 amide bonds. The summed E-state index contributed by atoms with van der Waals surface area (Å²) in [5.41, 5.74) is 0.178. The van der Waals surface area contributed by atoms with Crippen molar-refractivity contribution in [2.24, 2.45) is 0 Å². The van der Waals surface area contributed by atoms with Crippen molar-refractivity contribution in [2.45, 2.75) is 19.9 Å². The molecule has 2 N–H and O–H groups in total. The minimum atomic E-state index is -0.457. The molecule has 9 heteroatoms. The zero-order chi connectivity index (χ0) is 20.1. The fraction of sp³-hybridized carbons (Fsp3) is 0.421. The number of nitrogens with zero attached hydrogens (tertiary/aromatic N) is 3. The van der Waals surface area contributed by atoms with E-state index >= 15 is 0 Å². The van der Waals surface area contributed by atoms with E-state index in [0.29, 0.717) is 37.8 Å². The number of halogens is 1. The van der Waals surface area contributed by atoms with Crippen molar-refractivity contribution in [1.82, 2.24) is 15.0 Å². The van der Waals surface area contributed by atoms with Crippen LogP contribution in [0.4, 0.5) is 15.9 Å². The Kier molecular flexibility index (Phi) is 6.37. The maximum absolute atomic E-state index is 13.7. The molecule has 1 aromatic heterocycles. The second-order valence-corrected chi connectivity index (χ2v) is 6.83. The van der Waals surface area contributed by atoms with Crippen molar-refractivity contribution in [3.05, 3.63) is 41.9 Å². The highest BCUT2D eigenvalue weighted by atomic mass is 19.1. The highest BCUT2D eigenvalue weighted by Gasteiger charge is 2.26. The Morgan fingerprint density at radius 3 is 2.57 bits per heavy atom. The van der Waals surface area contributed by atoms with Crippen LogP contribution in [0.25, 0.3) is 0 Å². The topological polar surface area (TPSA) is 90.7 Å². The van der Waals surface area contributed by atoms with Gasteiger partial charge in [-0.3, -0.25) is 19.4 Å². The number of piperazine rings is 1. The van der Waals surface area contributed by atoms with Crippen LogP contribution in [0.5, 0.6) is 0 Å². The molecule has 0 radical (unpaired) electrons. The number of amides is 2. The van der Waals surface area contributed by atoms with Gasteiger partial charge in [0, 0.05) is 32.2 Å². The lowest BCUT2D eigenvalue weighted by atomic mass is 10.2. The maximum Gasteiger partial charge on any atom is 0.241 e. The first kappa shape index (κ1) is 20.0. The molecule has 0 bridgehead atoms. The number of nitrogens with one attached hydrogen (secondary N) is 2. The first-order valence-corrected chi connectivity index (χ1v) is 9.17. The fourth-order valence-electron chi connectivity index (χ4n) is 3.09. The Bertz CT molecular complexity index is 832. The molecule has 28 heavy (non-hydrogen) atoms. The molecule has 1 aliphatic rings. The number of carbonyl (C=O) groups excluding carboxylic acids is 2. The zero-order valence-electron chi connectivity index (χ0n) is 15.9. The summed E-state index contributed by atoms with van der Waals surface area (Å²) in [5.74, 6) is 0.164. The second kappa shape index (κ2) is 8.94.